The van der Waals surface area contributed by atoms with Crippen molar-refractivity contribution in [1.82, 2.24) is 10.3 Å². The molecule has 3 N–H and O–H groups in total. The Hall–Kier alpha value is -4.44. The van der Waals surface area contributed by atoms with Crippen LogP contribution in [-0.2, 0) is 17.3 Å². The first-order valence-electron chi connectivity index (χ1n) is 11.5. The molecule has 0 aliphatic heterocycles. The number of phenols is 1. The van der Waals surface area contributed by atoms with Crippen molar-refractivity contribution in [3.63, 3.8) is 0 Å². The number of carboxylic acid groups (broad SMARTS) is 1. The van der Waals surface area contributed by atoms with Crippen molar-refractivity contribution >= 4 is 22.8 Å². The Kier molecular flexibility index (Phi) is 7.63. The van der Waals surface area contributed by atoms with Crippen LogP contribution in [0.4, 0.5) is 13.2 Å². The lowest BCUT2D eigenvalue weighted by Gasteiger charge is -2.18. The average Bonchev–Trinajstić information content (AvgIpc) is 2.88. The minimum absolute atomic E-state index is 0.110. The summed E-state index contributed by atoms with van der Waals surface area (Å²) < 4.78 is 44.7. The van der Waals surface area contributed by atoms with E-state index in [4.69, 9.17) is 4.74 Å². The molecule has 196 valence electrons. The Bertz CT molecular complexity index is 1490. The molecule has 0 fully saturated rings. The topological polar surface area (TPSA) is 109 Å². The van der Waals surface area contributed by atoms with E-state index in [1.807, 2.05) is 0 Å². The minimum atomic E-state index is -4.52. The van der Waals surface area contributed by atoms with E-state index >= 15 is 0 Å². The number of benzene rings is 3. The molecule has 1 heterocycles. The van der Waals surface area contributed by atoms with E-state index < -0.39 is 29.7 Å². The van der Waals surface area contributed by atoms with Gasteiger partial charge in [0.2, 0.25) is 0 Å². The standard InChI is InChI=1S/C28H23F3N2O5/c1-38-15-20(11-16-5-8-21(34)9-6-16)32-26(35)25-14-23(27(36)37)22-13-18(7-10-24(22)33-25)17-3-2-4-19(12-17)28(29,30)31/h2-10,12-14,20,34H,11,15H2,1H3,(H,32,35)(H,36,37)/t20-/m1/s1. The average molecular weight is 524 g/mol. The fourth-order valence-electron chi connectivity index (χ4n) is 4.10. The number of halogens is 3. The summed E-state index contributed by atoms with van der Waals surface area (Å²) in [5, 5.41) is 22.3. The molecule has 0 radical (unpaired) electrons. The van der Waals surface area contributed by atoms with E-state index in [1.54, 1.807) is 12.1 Å². The van der Waals surface area contributed by atoms with E-state index in [9.17, 15) is 33.0 Å². The molecule has 3 aromatic carbocycles. The highest BCUT2D eigenvalue weighted by Gasteiger charge is 2.30. The van der Waals surface area contributed by atoms with Gasteiger partial charge in [-0.25, -0.2) is 9.78 Å². The Balaban J connectivity index is 1.66. The lowest BCUT2D eigenvalue weighted by Crippen LogP contribution is -2.40. The van der Waals surface area contributed by atoms with Crippen LogP contribution in [0.25, 0.3) is 22.0 Å². The van der Waals surface area contributed by atoms with Gasteiger partial charge in [0, 0.05) is 12.5 Å². The molecule has 4 aromatic rings. The van der Waals surface area contributed by atoms with E-state index in [0.717, 1.165) is 23.8 Å². The number of nitrogens with one attached hydrogen (secondary N) is 1. The smallest absolute Gasteiger partial charge is 0.416 e. The zero-order chi connectivity index (χ0) is 27.4. The maximum absolute atomic E-state index is 13.2. The van der Waals surface area contributed by atoms with Gasteiger partial charge in [-0.1, -0.05) is 30.3 Å². The quantitative estimate of drug-likeness (QED) is 0.288. The molecule has 4 rings (SSSR count). The Morgan fingerprint density at radius 2 is 1.71 bits per heavy atom. The summed E-state index contributed by atoms with van der Waals surface area (Å²) in [7, 11) is 1.48. The molecule has 0 spiro atoms. The number of carbonyl (C=O) groups excluding carboxylic acids is 1. The van der Waals surface area contributed by atoms with Gasteiger partial charge in [-0.3, -0.25) is 4.79 Å². The number of ether oxygens (including phenoxy) is 1. The van der Waals surface area contributed by atoms with Crippen molar-refractivity contribution < 1.29 is 37.7 Å². The zero-order valence-electron chi connectivity index (χ0n) is 20.1. The fraction of sp³-hybridized carbons (Fsp3) is 0.179. The number of pyridine rings is 1. The third-order valence-electron chi connectivity index (χ3n) is 5.92. The van der Waals surface area contributed by atoms with Crippen LogP contribution >= 0.6 is 0 Å². The van der Waals surface area contributed by atoms with E-state index in [-0.39, 0.29) is 40.1 Å². The van der Waals surface area contributed by atoms with Gasteiger partial charge in [0.15, 0.2) is 0 Å². The van der Waals surface area contributed by atoms with E-state index in [2.05, 4.69) is 10.3 Å². The Morgan fingerprint density at radius 1 is 1.00 bits per heavy atom. The summed E-state index contributed by atoms with van der Waals surface area (Å²) in [6.45, 7) is 0.173. The number of methoxy groups -OCH3 is 1. The number of nitrogens with zero attached hydrogens (tertiary/aromatic N) is 1. The summed E-state index contributed by atoms with van der Waals surface area (Å²) in [5.74, 6) is -1.82. The molecule has 7 nitrogen and oxygen atoms in total. The molecule has 1 aromatic heterocycles. The normalized spacial score (nSPS) is 12.3. The Labute approximate surface area is 215 Å². The van der Waals surface area contributed by atoms with Crippen LogP contribution in [0.15, 0.2) is 72.8 Å². The number of phenolic OH excluding ortho intramolecular Hbond substituents is 1. The first kappa shape index (κ1) is 26.6. The third-order valence-corrected chi connectivity index (χ3v) is 5.92. The van der Waals surface area contributed by atoms with Crippen LogP contribution in [0.1, 0.15) is 32.0 Å². The van der Waals surface area contributed by atoms with Crippen LogP contribution in [0.2, 0.25) is 0 Å². The maximum Gasteiger partial charge on any atom is 0.416 e. The molecule has 38 heavy (non-hydrogen) atoms. The van der Waals surface area contributed by atoms with E-state index in [0.29, 0.717) is 12.0 Å². The number of fused-ring (bicyclic) bond motifs is 1. The number of carbonyl (C=O) groups is 2. The van der Waals surface area contributed by atoms with Gasteiger partial charge in [-0.15, -0.1) is 0 Å². The van der Waals surface area contributed by atoms with Crippen LogP contribution in [0, 0.1) is 0 Å². The summed E-state index contributed by atoms with van der Waals surface area (Å²) in [4.78, 5) is 29.4. The molecule has 0 aliphatic carbocycles. The lowest BCUT2D eigenvalue weighted by atomic mass is 9.98. The maximum atomic E-state index is 13.2. The largest absolute Gasteiger partial charge is 0.508 e. The first-order chi connectivity index (χ1) is 18.0. The number of aromatic nitrogens is 1. The van der Waals surface area contributed by atoms with Gasteiger partial charge in [0.25, 0.3) is 5.91 Å². The van der Waals surface area contributed by atoms with Crippen molar-refractivity contribution in [2.24, 2.45) is 0 Å². The Morgan fingerprint density at radius 3 is 2.37 bits per heavy atom. The number of alkyl halides is 3. The molecular formula is C28H23F3N2O5. The summed E-state index contributed by atoms with van der Waals surface area (Å²) in [5.41, 5.74) is 0.509. The highest BCUT2D eigenvalue weighted by molar-refractivity contribution is 6.06. The molecule has 0 bridgehead atoms. The van der Waals surface area contributed by atoms with Crippen molar-refractivity contribution in [1.29, 1.82) is 0 Å². The summed E-state index contributed by atoms with van der Waals surface area (Å²) in [6.07, 6.45) is -4.13. The van der Waals surface area contributed by atoms with Crippen LogP contribution < -0.4 is 5.32 Å². The highest BCUT2D eigenvalue weighted by atomic mass is 19.4. The second-order valence-electron chi connectivity index (χ2n) is 8.67. The first-order valence-corrected chi connectivity index (χ1v) is 11.5. The predicted octanol–water partition coefficient (Wildman–Crippen LogP) is 5.31. The number of aromatic hydroxyl groups is 1. The van der Waals surface area contributed by atoms with Crippen molar-refractivity contribution in [2.45, 2.75) is 18.6 Å². The zero-order valence-corrected chi connectivity index (χ0v) is 20.1. The van der Waals surface area contributed by atoms with Crippen molar-refractivity contribution in [2.75, 3.05) is 13.7 Å². The fourth-order valence-corrected chi connectivity index (χ4v) is 4.10. The third kappa shape index (κ3) is 6.09. The molecule has 0 unspecified atom stereocenters. The minimum Gasteiger partial charge on any atom is -0.508 e. The predicted molar refractivity (Wildman–Crippen MR) is 134 cm³/mol. The van der Waals surface area contributed by atoms with Crippen LogP contribution in [-0.4, -0.2) is 46.8 Å². The number of aromatic carboxylic acids is 1. The number of hydrogen-bond acceptors (Lipinski definition) is 5. The van der Waals surface area contributed by atoms with Gasteiger partial charge in [-0.2, -0.15) is 13.2 Å². The van der Waals surface area contributed by atoms with E-state index in [1.165, 1.54) is 49.6 Å². The molecule has 0 aliphatic rings. The van der Waals surface area contributed by atoms with Crippen LogP contribution in [0.3, 0.4) is 0 Å². The van der Waals surface area contributed by atoms with Crippen molar-refractivity contribution in [3.05, 3.63) is 95.2 Å². The highest BCUT2D eigenvalue weighted by Crippen LogP contribution is 2.33. The second-order valence-corrected chi connectivity index (χ2v) is 8.67. The monoisotopic (exact) mass is 524 g/mol. The molecule has 10 heteroatoms. The molecule has 1 atom stereocenters. The molecular weight excluding hydrogens is 501 g/mol. The number of carboxylic acids is 1. The number of amides is 1. The summed E-state index contributed by atoms with van der Waals surface area (Å²) in [6, 6.07) is 16.3. The second kappa shape index (κ2) is 10.9. The van der Waals surface area contributed by atoms with Gasteiger partial charge in [0.1, 0.15) is 11.4 Å². The molecule has 0 saturated carbocycles. The molecule has 1 amide bonds. The van der Waals surface area contributed by atoms with Gasteiger partial charge in [0.05, 0.1) is 29.3 Å². The van der Waals surface area contributed by atoms with Crippen LogP contribution in [0.5, 0.6) is 5.75 Å². The lowest BCUT2D eigenvalue weighted by molar-refractivity contribution is -0.137. The van der Waals surface area contributed by atoms with Gasteiger partial charge < -0.3 is 20.3 Å². The summed E-state index contributed by atoms with van der Waals surface area (Å²) >= 11 is 0. The number of rotatable bonds is 8. The van der Waals surface area contributed by atoms with Gasteiger partial charge in [-0.05, 0) is 65.6 Å². The number of hydrogen-bond donors (Lipinski definition) is 3. The molecule has 0 saturated heterocycles. The van der Waals surface area contributed by atoms with Crippen molar-refractivity contribution in [3.8, 4) is 16.9 Å². The SMILES string of the molecule is COC[C@@H](Cc1ccc(O)cc1)NC(=O)c1cc(C(=O)O)c2cc(-c3cccc(C(F)(F)F)c3)ccc2n1. The van der Waals surface area contributed by atoms with Gasteiger partial charge >= 0.3 is 12.1 Å².